The van der Waals surface area contributed by atoms with Gasteiger partial charge in [-0.2, -0.15) is 0 Å². The summed E-state index contributed by atoms with van der Waals surface area (Å²) >= 11 is 0. The van der Waals surface area contributed by atoms with Gasteiger partial charge in [0, 0.05) is 0 Å². The first kappa shape index (κ1) is 11.4. The molecule has 0 rings (SSSR count). The van der Waals surface area contributed by atoms with Crippen molar-refractivity contribution in [2.75, 3.05) is 0 Å². The summed E-state index contributed by atoms with van der Waals surface area (Å²) < 4.78 is 0. The molecule has 0 spiro atoms. The third kappa shape index (κ3) is 4.34. The van der Waals surface area contributed by atoms with Crippen LogP contribution in [-0.4, -0.2) is 17.1 Å². The smallest absolute Gasteiger partial charge is 0.320 e. The van der Waals surface area contributed by atoms with Crippen LogP contribution in [0.3, 0.4) is 0 Å². The van der Waals surface area contributed by atoms with Crippen LogP contribution in [0.5, 0.6) is 0 Å². The molecule has 0 aliphatic rings. The quantitative estimate of drug-likeness (QED) is 0.664. The van der Waals surface area contributed by atoms with E-state index in [-0.39, 0.29) is 5.41 Å². The van der Waals surface area contributed by atoms with E-state index in [1.807, 2.05) is 0 Å². The molecule has 0 aromatic carbocycles. The average molecular weight is 173 g/mol. The molecule has 0 aliphatic carbocycles. The summed E-state index contributed by atoms with van der Waals surface area (Å²) in [7, 11) is 0. The van der Waals surface area contributed by atoms with Crippen LogP contribution in [0.25, 0.3) is 0 Å². The molecule has 0 amide bonds. The van der Waals surface area contributed by atoms with Gasteiger partial charge in [0.1, 0.15) is 6.04 Å². The van der Waals surface area contributed by atoms with Gasteiger partial charge in [0.2, 0.25) is 0 Å². The Hall–Kier alpha value is -0.570. The Kier molecular flexibility index (Phi) is 4.24. The molecule has 3 N–H and O–H groups in total. The Morgan fingerprint density at radius 1 is 1.58 bits per heavy atom. The summed E-state index contributed by atoms with van der Waals surface area (Å²) in [6, 6.07) is -0.698. The Balaban J connectivity index is 3.75. The maximum Gasteiger partial charge on any atom is 0.320 e. The minimum absolute atomic E-state index is 0.215. The number of carbonyl (C=O) groups is 1. The van der Waals surface area contributed by atoms with E-state index in [1.54, 1.807) is 0 Å². The molecule has 3 nitrogen and oxygen atoms in total. The van der Waals surface area contributed by atoms with Crippen molar-refractivity contribution >= 4 is 5.97 Å². The molecule has 0 bridgehead atoms. The van der Waals surface area contributed by atoms with Gasteiger partial charge >= 0.3 is 5.97 Å². The minimum atomic E-state index is -0.901. The molecule has 0 saturated heterocycles. The van der Waals surface area contributed by atoms with Gasteiger partial charge in [-0.3, -0.25) is 4.79 Å². The lowest BCUT2D eigenvalue weighted by Gasteiger charge is -2.23. The van der Waals surface area contributed by atoms with Crippen LogP contribution >= 0.6 is 0 Å². The molecule has 0 saturated carbocycles. The van der Waals surface area contributed by atoms with Crippen molar-refractivity contribution in [1.82, 2.24) is 0 Å². The fourth-order valence-corrected chi connectivity index (χ4v) is 0.846. The Morgan fingerprint density at radius 3 is 2.42 bits per heavy atom. The molecule has 1 atom stereocenters. The zero-order valence-corrected chi connectivity index (χ0v) is 8.13. The fourth-order valence-electron chi connectivity index (χ4n) is 0.846. The summed E-state index contributed by atoms with van der Waals surface area (Å²) in [5.74, 6) is -0.901. The van der Waals surface area contributed by atoms with Crippen molar-refractivity contribution in [3.63, 3.8) is 0 Å². The van der Waals surface area contributed by atoms with Gasteiger partial charge in [-0.25, -0.2) is 0 Å². The molecule has 0 heterocycles. The molecule has 3 heteroatoms. The van der Waals surface area contributed by atoms with Crippen LogP contribution in [0.2, 0.25) is 0 Å². The second-order valence-electron chi connectivity index (χ2n) is 4.00. The number of rotatable bonds is 5. The highest BCUT2D eigenvalue weighted by Crippen LogP contribution is 2.26. The number of carboxylic acids is 1. The van der Waals surface area contributed by atoms with Crippen molar-refractivity contribution in [2.24, 2.45) is 11.1 Å². The summed E-state index contributed by atoms with van der Waals surface area (Å²) in [6.45, 7) is 6.36. The Morgan fingerprint density at radius 2 is 2.08 bits per heavy atom. The Bertz CT molecular complexity index is 155. The normalized spacial score (nSPS) is 14.3. The first-order valence-corrected chi connectivity index (χ1v) is 4.37. The van der Waals surface area contributed by atoms with Crippen LogP contribution in [0, 0.1) is 5.41 Å². The van der Waals surface area contributed by atoms with E-state index in [9.17, 15) is 4.79 Å². The standard InChI is InChI=1S/C9H19NO2/c1-4-9(2,3)6-5-7(10)8(11)12/h7H,4-6,10H2,1-3H3,(H,11,12). The predicted octanol–water partition coefficient (Wildman–Crippen LogP) is 1.61. The van der Waals surface area contributed by atoms with Crippen LogP contribution in [0.1, 0.15) is 40.0 Å². The molecular formula is C9H19NO2. The van der Waals surface area contributed by atoms with Crippen LogP contribution in [0.4, 0.5) is 0 Å². The van der Waals surface area contributed by atoms with Gasteiger partial charge < -0.3 is 10.8 Å². The SMILES string of the molecule is CCC(C)(C)CCC(N)C(=O)O. The summed E-state index contributed by atoms with van der Waals surface area (Å²) in [5.41, 5.74) is 5.59. The van der Waals surface area contributed by atoms with E-state index in [0.29, 0.717) is 6.42 Å². The number of hydrogen-bond acceptors (Lipinski definition) is 2. The van der Waals surface area contributed by atoms with Crippen LogP contribution in [0.15, 0.2) is 0 Å². The molecule has 1 unspecified atom stereocenters. The zero-order chi connectivity index (χ0) is 9.78. The topological polar surface area (TPSA) is 63.3 Å². The number of nitrogens with two attached hydrogens (primary N) is 1. The summed E-state index contributed by atoms with van der Waals surface area (Å²) in [6.07, 6.45) is 2.49. The van der Waals surface area contributed by atoms with Crippen LogP contribution < -0.4 is 5.73 Å². The van der Waals surface area contributed by atoms with E-state index < -0.39 is 12.0 Å². The van der Waals surface area contributed by atoms with Gasteiger partial charge in [0.25, 0.3) is 0 Å². The summed E-state index contributed by atoms with van der Waals surface area (Å²) in [5, 5.41) is 8.53. The fraction of sp³-hybridized carbons (Fsp3) is 0.889. The maximum absolute atomic E-state index is 10.4. The average Bonchev–Trinajstić information content (AvgIpc) is 2.00. The third-order valence-electron chi connectivity index (χ3n) is 2.41. The Labute approximate surface area is 74.0 Å². The second kappa shape index (κ2) is 4.45. The van der Waals surface area contributed by atoms with Crippen molar-refractivity contribution in [3.05, 3.63) is 0 Å². The number of hydrogen-bond donors (Lipinski definition) is 2. The predicted molar refractivity (Wildman–Crippen MR) is 48.9 cm³/mol. The first-order valence-electron chi connectivity index (χ1n) is 4.37. The van der Waals surface area contributed by atoms with Gasteiger partial charge in [0.05, 0.1) is 0 Å². The number of aliphatic carboxylic acids is 1. The van der Waals surface area contributed by atoms with E-state index in [1.165, 1.54) is 0 Å². The third-order valence-corrected chi connectivity index (χ3v) is 2.41. The van der Waals surface area contributed by atoms with E-state index in [0.717, 1.165) is 12.8 Å². The lowest BCUT2D eigenvalue weighted by Crippen LogP contribution is -2.31. The number of carboxylic acid groups (broad SMARTS) is 1. The van der Waals surface area contributed by atoms with Crippen LogP contribution in [-0.2, 0) is 4.79 Å². The summed E-state index contributed by atoms with van der Waals surface area (Å²) in [4.78, 5) is 10.4. The monoisotopic (exact) mass is 173 g/mol. The largest absolute Gasteiger partial charge is 0.480 e. The van der Waals surface area contributed by atoms with Crippen molar-refractivity contribution in [1.29, 1.82) is 0 Å². The second-order valence-corrected chi connectivity index (χ2v) is 4.00. The molecule has 72 valence electrons. The molecule has 0 aromatic rings. The molecule has 12 heavy (non-hydrogen) atoms. The van der Waals surface area contributed by atoms with Gasteiger partial charge in [-0.05, 0) is 18.3 Å². The highest BCUT2D eigenvalue weighted by Gasteiger charge is 2.19. The van der Waals surface area contributed by atoms with Crippen molar-refractivity contribution in [2.45, 2.75) is 46.1 Å². The molecule has 0 aliphatic heterocycles. The van der Waals surface area contributed by atoms with Crippen molar-refractivity contribution < 1.29 is 9.90 Å². The zero-order valence-electron chi connectivity index (χ0n) is 8.13. The van der Waals surface area contributed by atoms with Gasteiger partial charge in [0.15, 0.2) is 0 Å². The van der Waals surface area contributed by atoms with E-state index in [4.69, 9.17) is 10.8 Å². The molecule has 0 fully saturated rings. The van der Waals surface area contributed by atoms with E-state index in [2.05, 4.69) is 20.8 Å². The maximum atomic E-state index is 10.4. The minimum Gasteiger partial charge on any atom is -0.480 e. The highest BCUT2D eigenvalue weighted by atomic mass is 16.4. The lowest BCUT2D eigenvalue weighted by atomic mass is 9.84. The van der Waals surface area contributed by atoms with Gasteiger partial charge in [-0.1, -0.05) is 27.2 Å². The van der Waals surface area contributed by atoms with E-state index >= 15 is 0 Å². The van der Waals surface area contributed by atoms with Crippen molar-refractivity contribution in [3.8, 4) is 0 Å². The molecule has 0 radical (unpaired) electrons. The molecular weight excluding hydrogens is 154 g/mol. The molecule has 0 aromatic heterocycles. The first-order chi connectivity index (χ1) is 5.39. The highest BCUT2D eigenvalue weighted by molar-refractivity contribution is 5.72. The van der Waals surface area contributed by atoms with Gasteiger partial charge in [-0.15, -0.1) is 0 Å². The lowest BCUT2D eigenvalue weighted by molar-refractivity contribution is -0.138.